The predicted octanol–water partition coefficient (Wildman–Crippen LogP) is 1.84. The van der Waals surface area contributed by atoms with Crippen LogP contribution in [-0.4, -0.2) is 0 Å². The van der Waals surface area contributed by atoms with Crippen LogP contribution in [0.4, 0.5) is 11.4 Å². The zero-order valence-corrected chi connectivity index (χ0v) is 5.44. The molecule has 0 saturated heterocycles. The van der Waals surface area contributed by atoms with Crippen molar-refractivity contribution in [3.8, 4) is 0 Å². The first kappa shape index (κ1) is 6.23. The van der Waals surface area contributed by atoms with Crippen LogP contribution in [0.2, 0.25) is 5.02 Å². The fraction of sp³-hybridized carbons (Fsp3) is 0. The zero-order chi connectivity index (χ0) is 6.85. The number of nitrogen functional groups attached to an aromatic ring is 1. The number of nitrogens with two attached hydrogens (primary N) is 1. The number of nitrogens with one attached hydrogen (secondary N) is 1. The maximum atomic E-state index is 7.09. The Morgan fingerprint density at radius 2 is 2.11 bits per heavy atom. The van der Waals surface area contributed by atoms with Crippen molar-refractivity contribution in [3.63, 3.8) is 0 Å². The van der Waals surface area contributed by atoms with E-state index in [0.717, 1.165) is 0 Å². The highest BCUT2D eigenvalue weighted by Gasteiger charge is 1.93. The van der Waals surface area contributed by atoms with Crippen molar-refractivity contribution in [1.82, 2.24) is 5.73 Å². The summed E-state index contributed by atoms with van der Waals surface area (Å²) in [5.41, 5.74) is 13.4. The van der Waals surface area contributed by atoms with Gasteiger partial charge in [-0.3, -0.25) is 0 Å². The molecule has 0 amide bonds. The third kappa shape index (κ3) is 1.27. The average Bonchev–Trinajstić information content (AvgIpc) is 1.80. The molecule has 0 aliphatic heterocycles. The predicted molar refractivity (Wildman–Crippen MR) is 38.6 cm³/mol. The highest BCUT2D eigenvalue weighted by Crippen LogP contribution is 2.20. The molecule has 0 heterocycles. The van der Waals surface area contributed by atoms with Gasteiger partial charge in [-0.1, -0.05) is 11.6 Å². The van der Waals surface area contributed by atoms with Gasteiger partial charge in [0.1, 0.15) is 0 Å². The molecule has 0 aliphatic rings. The second kappa shape index (κ2) is 2.15. The monoisotopic (exact) mass is 141 g/mol. The summed E-state index contributed by atoms with van der Waals surface area (Å²) in [6.45, 7) is 0. The summed E-state index contributed by atoms with van der Waals surface area (Å²) in [6.07, 6.45) is 0. The molecule has 0 aromatic heterocycles. The van der Waals surface area contributed by atoms with Crippen molar-refractivity contribution in [2.75, 3.05) is 5.73 Å². The van der Waals surface area contributed by atoms with Gasteiger partial charge in [0.25, 0.3) is 0 Å². The molecule has 9 heavy (non-hydrogen) atoms. The van der Waals surface area contributed by atoms with Crippen LogP contribution in [0.5, 0.6) is 0 Å². The quantitative estimate of drug-likeness (QED) is 0.551. The van der Waals surface area contributed by atoms with E-state index in [1.165, 1.54) is 6.07 Å². The molecule has 1 radical (unpaired) electrons. The van der Waals surface area contributed by atoms with E-state index in [4.69, 9.17) is 23.1 Å². The van der Waals surface area contributed by atoms with Crippen LogP contribution in [0.1, 0.15) is 0 Å². The molecule has 1 aromatic carbocycles. The van der Waals surface area contributed by atoms with Gasteiger partial charge in [0.05, 0.1) is 16.4 Å². The Hall–Kier alpha value is -0.890. The lowest BCUT2D eigenvalue weighted by Gasteiger charge is -1.95. The third-order valence-corrected chi connectivity index (χ3v) is 1.33. The molecular formula is C6H6ClN2. The Kier molecular flexibility index (Phi) is 1.49. The molecule has 0 saturated carbocycles. The highest BCUT2D eigenvalue weighted by molar-refractivity contribution is 6.33. The molecule has 0 spiro atoms. The minimum atomic E-state index is 0.384. The standard InChI is InChI=1S/C6H6ClN2/c7-5-3-4(8)1-2-6(5)9/h1-3,8H,9H2. The lowest BCUT2D eigenvalue weighted by atomic mass is 10.3. The third-order valence-electron chi connectivity index (χ3n) is 1.00. The average molecular weight is 142 g/mol. The molecule has 0 bridgehead atoms. The Morgan fingerprint density at radius 3 is 2.56 bits per heavy atom. The van der Waals surface area contributed by atoms with E-state index in [-0.39, 0.29) is 0 Å². The normalized spacial score (nSPS) is 9.44. The topological polar surface area (TPSA) is 49.8 Å². The molecule has 0 atom stereocenters. The van der Waals surface area contributed by atoms with Crippen LogP contribution < -0.4 is 11.5 Å². The summed E-state index contributed by atoms with van der Waals surface area (Å²) in [7, 11) is 0. The van der Waals surface area contributed by atoms with Crippen LogP contribution in [0.15, 0.2) is 18.2 Å². The second-order valence-corrected chi connectivity index (χ2v) is 2.14. The van der Waals surface area contributed by atoms with Crippen molar-refractivity contribution >= 4 is 23.0 Å². The minimum absolute atomic E-state index is 0.384. The van der Waals surface area contributed by atoms with Gasteiger partial charge >= 0.3 is 0 Å². The lowest BCUT2D eigenvalue weighted by Crippen LogP contribution is -1.84. The van der Waals surface area contributed by atoms with E-state index >= 15 is 0 Å². The first-order valence-electron chi connectivity index (χ1n) is 2.47. The molecule has 0 aliphatic carbocycles. The van der Waals surface area contributed by atoms with Gasteiger partial charge in [-0.2, -0.15) is 0 Å². The summed E-state index contributed by atoms with van der Waals surface area (Å²) in [4.78, 5) is 0. The summed E-state index contributed by atoms with van der Waals surface area (Å²) >= 11 is 5.57. The zero-order valence-electron chi connectivity index (χ0n) is 4.69. The number of hydrogen-bond acceptors (Lipinski definition) is 1. The van der Waals surface area contributed by atoms with Gasteiger partial charge in [0.2, 0.25) is 0 Å². The second-order valence-electron chi connectivity index (χ2n) is 1.74. The van der Waals surface area contributed by atoms with Crippen molar-refractivity contribution in [2.24, 2.45) is 0 Å². The van der Waals surface area contributed by atoms with Crippen molar-refractivity contribution in [3.05, 3.63) is 23.2 Å². The van der Waals surface area contributed by atoms with Gasteiger partial charge in [0.15, 0.2) is 0 Å². The van der Waals surface area contributed by atoms with E-state index in [0.29, 0.717) is 16.4 Å². The van der Waals surface area contributed by atoms with E-state index in [2.05, 4.69) is 0 Å². The van der Waals surface area contributed by atoms with Gasteiger partial charge < -0.3 is 11.5 Å². The lowest BCUT2D eigenvalue weighted by molar-refractivity contribution is 1.49. The smallest absolute Gasteiger partial charge is 0.0656 e. The first-order valence-corrected chi connectivity index (χ1v) is 2.84. The molecule has 2 nitrogen and oxygen atoms in total. The van der Waals surface area contributed by atoms with Crippen LogP contribution in [-0.2, 0) is 0 Å². The Balaban J connectivity index is 3.17. The molecule has 47 valence electrons. The van der Waals surface area contributed by atoms with E-state index in [9.17, 15) is 0 Å². The van der Waals surface area contributed by atoms with Gasteiger partial charge in [-0.15, -0.1) is 0 Å². The van der Waals surface area contributed by atoms with E-state index in [1.807, 2.05) is 0 Å². The Labute approximate surface area is 58.4 Å². The van der Waals surface area contributed by atoms with Crippen molar-refractivity contribution < 1.29 is 0 Å². The summed E-state index contributed by atoms with van der Waals surface area (Å²) in [5, 5.41) is 0.447. The van der Waals surface area contributed by atoms with Crippen molar-refractivity contribution in [1.29, 1.82) is 0 Å². The maximum Gasteiger partial charge on any atom is 0.0656 e. The van der Waals surface area contributed by atoms with E-state index in [1.54, 1.807) is 12.1 Å². The van der Waals surface area contributed by atoms with E-state index < -0.39 is 0 Å². The van der Waals surface area contributed by atoms with Crippen molar-refractivity contribution in [2.45, 2.75) is 0 Å². The molecule has 3 N–H and O–H groups in total. The molecule has 0 fully saturated rings. The van der Waals surface area contributed by atoms with Crippen LogP contribution in [0.25, 0.3) is 0 Å². The van der Waals surface area contributed by atoms with Crippen LogP contribution in [0, 0.1) is 0 Å². The Bertz CT molecular complexity index is 222. The molecule has 0 unspecified atom stereocenters. The molecule has 3 heteroatoms. The summed E-state index contributed by atoms with van der Waals surface area (Å²) in [6, 6.07) is 4.72. The molecule has 1 rings (SSSR count). The number of anilines is 1. The minimum Gasteiger partial charge on any atom is -0.398 e. The maximum absolute atomic E-state index is 7.09. The number of rotatable bonds is 0. The molecular weight excluding hydrogens is 136 g/mol. The summed E-state index contributed by atoms with van der Waals surface area (Å²) in [5.74, 6) is 0. The fourth-order valence-corrected chi connectivity index (χ4v) is 0.708. The van der Waals surface area contributed by atoms with Gasteiger partial charge in [0, 0.05) is 0 Å². The van der Waals surface area contributed by atoms with Crippen LogP contribution in [0.3, 0.4) is 0 Å². The number of hydrogen-bond donors (Lipinski definition) is 1. The number of benzene rings is 1. The van der Waals surface area contributed by atoms with Gasteiger partial charge in [-0.05, 0) is 18.2 Å². The van der Waals surface area contributed by atoms with Gasteiger partial charge in [-0.25, -0.2) is 0 Å². The number of halogens is 1. The highest BCUT2D eigenvalue weighted by atomic mass is 35.5. The first-order chi connectivity index (χ1) is 4.20. The molecule has 1 aromatic rings. The van der Waals surface area contributed by atoms with Crippen LogP contribution >= 0.6 is 11.6 Å². The SMILES string of the molecule is [NH]c1ccc(N)c(Cl)c1. The largest absolute Gasteiger partial charge is 0.398 e. The Morgan fingerprint density at radius 1 is 1.44 bits per heavy atom. The summed E-state index contributed by atoms with van der Waals surface area (Å²) < 4.78 is 0. The fourth-order valence-electron chi connectivity index (χ4n) is 0.527.